The summed E-state index contributed by atoms with van der Waals surface area (Å²) in [6, 6.07) is 0.448. The quantitative estimate of drug-likeness (QED) is 0.679. The summed E-state index contributed by atoms with van der Waals surface area (Å²) in [4.78, 5) is 0. The molecule has 92 valence electrons. The molecule has 5 heteroatoms. The van der Waals surface area contributed by atoms with Crippen LogP contribution in [0.5, 0.6) is 0 Å². The number of hydrogen-bond acceptors (Lipinski definition) is 3. The lowest BCUT2D eigenvalue weighted by molar-refractivity contribution is 0.533. The summed E-state index contributed by atoms with van der Waals surface area (Å²) in [5.41, 5.74) is 0. The Hall–Kier alpha value is -0.130. The predicted molar refractivity (Wildman–Crippen MR) is 64.4 cm³/mol. The predicted octanol–water partition coefficient (Wildman–Crippen LogP) is 1.09. The molecule has 0 fully saturated rings. The highest BCUT2D eigenvalue weighted by Crippen LogP contribution is 2.12. The molecule has 0 aromatic heterocycles. The molecule has 0 aliphatic carbocycles. The van der Waals surface area contributed by atoms with Gasteiger partial charge in [0.15, 0.2) is 0 Å². The van der Waals surface area contributed by atoms with Crippen LogP contribution in [0.1, 0.15) is 41.0 Å². The van der Waals surface area contributed by atoms with Crippen molar-refractivity contribution in [3.8, 4) is 0 Å². The molecule has 0 spiro atoms. The van der Waals surface area contributed by atoms with Gasteiger partial charge in [-0.3, -0.25) is 0 Å². The van der Waals surface area contributed by atoms with Gasteiger partial charge in [-0.2, -0.15) is 0 Å². The first kappa shape index (κ1) is 14.9. The summed E-state index contributed by atoms with van der Waals surface area (Å²) in [7, 11) is -3.18. The van der Waals surface area contributed by atoms with Crippen molar-refractivity contribution in [2.45, 2.75) is 51.8 Å². The van der Waals surface area contributed by atoms with Gasteiger partial charge in [-0.15, -0.1) is 0 Å². The molecule has 0 aliphatic heterocycles. The van der Waals surface area contributed by atoms with E-state index in [0.29, 0.717) is 12.6 Å². The van der Waals surface area contributed by atoms with Crippen molar-refractivity contribution in [1.29, 1.82) is 0 Å². The Bertz CT molecular complexity index is 266. The number of rotatable bonds is 6. The molecule has 0 aliphatic rings. The smallest absolute Gasteiger partial charge is 0.216 e. The lowest BCUT2D eigenvalue weighted by Crippen LogP contribution is -2.40. The highest BCUT2D eigenvalue weighted by molar-refractivity contribution is 7.90. The Kier molecular flexibility index (Phi) is 5.77. The Labute approximate surface area is 93.9 Å². The van der Waals surface area contributed by atoms with Crippen LogP contribution in [-0.2, 0) is 10.0 Å². The van der Waals surface area contributed by atoms with E-state index < -0.39 is 14.8 Å². The SMILES string of the molecule is CC(C)NCCCNS(=O)(=O)C(C)(C)C. The second-order valence-electron chi connectivity index (χ2n) is 4.97. The summed E-state index contributed by atoms with van der Waals surface area (Å²) in [6.45, 7) is 10.6. The van der Waals surface area contributed by atoms with Gasteiger partial charge in [0.05, 0.1) is 4.75 Å². The normalized spacial score (nSPS) is 13.5. The van der Waals surface area contributed by atoms with Crippen molar-refractivity contribution in [2.24, 2.45) is 0 Å². The van der Waals surface area contributed by atoms with Crippen LogP contribution in [0.25, 0.3) is 0 Å². The van der Waals surface area contributed by atoms with Crippen LogP contribution >= 0.6 is 0 Å². The largest absolute Gasteiger partial charge is 0.314 e. The van der Waals surface area contributed by atoms with E-state index >= 15 is 0 Å². The summed E-state index contributed by atoms with van der Waals surface area (Å²) in [6.07, 6.45) is 0.813. The van der Waals surface area contributed by atoms with Crippen LogP contribution in [0.3, 0.4) is 0 Å². The first-order valence-electron chi connectivity index (χ1n) is 5.39. The molecular weight excluding hydrogens is 212 g/mol. The fraction of sp³-hybridized carbons (Fsp3) is 1.00. The van der Waals surface area contributed by atoms with Gasteiger partial charge in [0.2, 0.25) is 10.0 Å². The van der Waals surface area contributed by atoms with E-state index in [0.717, 1.165) is 13.0 Å². The number of nitrogens with one attached hydrogen (secondary N) is 2. The van der Waals surface area contributed by atoms with Crippen LogP contribution in [0.4, 0.5) is 0 Å². The van der Waals surface area contributed by atoms with E-state index in [2.05, 4.69) is 23.9 Å². The lowest BCUT2D eigenvalue weighted by Gasteiger charge is -2.19. The van der Waals surface area contributed by atoms with E-state index in [1.165, 1.54) is 0 Å². The molecule has 2 N–H and O–H groups in total. The summed E-state index contributed by atoms with van der Waals surface area (Å²) < 4.78 is 25.1. The van der Waals surface area contributed by atoms with Crippen molar-refractivity contribution in [1.82, 2.24) is 10.0 Å². The van der Waals surface area contributed by atoms with Crippen molar-refractivity contribution in [2.75, 3.05) is 13.1 Å². The van der Waals surface area contributed by atoms with E-state index in [1.807, 2.05) is 0 Å². The molecule has 0 bridgehead atoms. The fourth-order valence-electron chi connectivity index (χ4n) is 0.902. The minimum absolute atomic E-state index is 0.448. The van der Waals surface area contributed by atoms with Gasteiger partial charge < -0.3 is 5.32 Å². The number of sulfonamides is 1. The molecule has 0 aromatic carbocycles. The molecule has 0 saturated heterocycles. The molecule has 0 heterocycles. The summed E-state index contributed by atoms with van der Waals surface area (Å²) >= 11 is 0. The zero-order valence-corrected chi connectivity index (χ0v) is 11.2. The highest BCUT2D eigenvalue weighted by atomic mass is 32.2. The molecule has 0 atom stereocenters. The van der Waals surface area contributed by atoms with Crippen molar-refractivity contribution in [3.05, 3.63) is 0 Å². The zero-order chi connectivity index (χ0) is 12.1. The van der Waals surface area contributed by atoms with Gasteiger partial charge in [0, 0.05) is 12.6 Å². The standard InChI is InChI=1S/C10H24N2O2S/c1-9(2)11-7-6-8-12-15(13,14)10(3,4)5/h9,11-12H,6-8H2,1-5H3. The molecule has 0 unspecified atom stereocenters. The molecule has 15 heavy (non-hydrogen) atoms. The maximum absolute atomic E-state index is 11.6. The lowest BCUT2D eigenvalue weighted by atomic mass is 10.3. The maximum Gasteiger partial charge on any atom is 0.216 e. The first-order valence-corrected chi connectivity index (χ1v) is 6.88. The van der Waals surface area contributed by atoms with Gasteiger partial charge >= 0.3 is 0 Å². The molecule has 0 amide bonds. The van der Waals surface area contributed by atoms with Crippen molar-refractivity contribution >= 4 is 10.0 Å². The Morgan fingerprint density at radius 3 is 2.07 bits per heavy atom. The van der Waals surface area contributed by atoms with Crippen LogP contribution < -0.4 is 10.0 Å². The molecule has 0 rings (SSSR count). The average molecular weight is 236 g/mol. The number of hydrogen-bond donors (Lipinski definition) is 2. The average Bonchev–Trinajstić information content (AvgIpc) is 2.00. The second kappa shape index (κ2) is 5.82. The zero-order valence-electron chi connectivity index (χ0n) is 10.4. The van der Waals surface area contributed by atoms with E-state index in [1.54, 1.807) is 20.8 Å². The van der Waals surface area contributed by atoms with Crippen LogP contribution in [0, 0.1) is 0 Å². The van der Waals surface area contributed by atoms with Gasteiger partial charge in [0.1, 0.15) is 0 Å². The molecule has 0 radical (unpaired) electrons. The molecular formula is C10H24N2O2S. The van der Waals surface area contributed by atoms with Gasteiger partial charge in [-0.25, -0.2) is 13.1 Å². The van der Waals surface area contributed by atoms with E-state index in [4.69, 9.17) is 0 Å². The third-order valence-corrected chi connectivity index (χ3v) is 4.20. The monoisotopic (exact) mass is 236 g/mol. The first-order chi connectivity index (χ1) is 6.67. The maximum atomic E-state index is 11.6. The Morgan fingerprint density at radius 1 is 1.13 bits per heavy atom. The van der Waals surface area contributed by atoms with Crippen LogP contribution in [-0.4, -0.2) is 32.3 Å². The van der Waals surface area contributed by atoms with E-state index in [-0.39, 0.29) is 0 Å². The fourth-order valence-corrected chi connectivity index (χ4v) is 1.75. The third-order valence-electron chi connectivity index (χ3n) is 2.00. The molecule has 0 aromatic rings. The van der Waals surface area contributed by atoms with Crippen LogP contribution in [0.15, 0.2) is 0 Å². The Morgan fingerprint density at radius 2 is 1.67 bits per heavy atom. The molecule has 0 saturated carbocycles. The topological polar surface area (TPSA) is 58.2 Å². The van der Waals surface area contributed by atoms with Crippen molar-refractivity contribution in [3.63, 3.8) is 0 Å². The third kappa shape index (κ3) is 6.12. The minimum atomic E-state index is -3.18. The second-order valence-corrected chi connectivity index (χ2v) is 7.49. The summed E-state index contributed by atoms with van der Waals surface area (Å²) in [5.74, 6) is 0. The van der Waals surface area contributed by atoms with Crippen LogP contribution in [0.2, 0.25) is 0 Å². The molecule has 4 nitrogen and oxygen atoms in total. The van der Waals surface area contributed by atoms with Gasteiger partial charge in [-0.05, 0) is 33.7 Å². The van der Waals surface area contributed by atoms with Gasteiger partial charge in [0.25, 0.3) is 0 Å². The summed E-state index contributed by atoms with van der Waals surface area (Å²) in [5, 5.41) is 3.24. The van der Waals surface area contributed by atoms with Crippen molar-refractivity contribution < 1.29 is 8.42 Å². The van der Waals surface area contributed by atoms with E-state index in [9.17, 15) is 8.42 Å². The Balaban J connectivity index is 3.78. The highest BCUT2D eigenvalue weighted by Gasteiger charge is 2.27. The minimum Gasteiger partial charge on any atom is -0.314 e. The van der Waals surface area contributed by atoms with Gasteiger partial charge in [-0.1, -0.05) is 13.8 Å².